The smallest absolute Gasteiger partial charge is 0.123 e. The van der Waals surface area contributed by atoms with E-state index in [1.807, 2.05) is 5.38 Å². The van der Waals surface area contributed by atoms with Gasteiger partial charge in [-0.25, -0.2) is 4.98 Å². The van der Waals surface area contributed by atoms with Crippen molar-refractivity contribution in [1.29, 1.82) is 0 Å². The van der Waals surface area contributed by atoms with E-state index in [4.69, 9.17) is 11.6 Å². The number of nitrogens with zero attached hydrogens (tertiary/aromatic N) is 2. The highest BCUT2D eigenvalue weighted by Gasteiger charge is 2.22. The molecule has 2 heterocycles. The second-order valence-electron chi connectivity index (χ2n) is 5.65. The lowest BCUT2D eigenvalue weighted by Gasteiger charge is -2.23. The van der Waals surface area contributed by atoms with Crippen LogP contribution in [-0.4, -0.2) is 22.5 Å². The zero-order chi connectivity index (χ0) is 14.7. The number of hydrogen-bond donors (Lipinski definition) is 0. The van der Waals surface area contributed by atoms with Crippen molar-refractivity contribution in [2.75, 3.05) is 6.54 Å². The normalized spacial score (nSPS) is 19.2. The fourth-order valence-corrected chi connectivity index (χ4v) is 4.11. The van der Waals surface area contributed by atoms with E-state index in [9.17, 15) is 0 Å². The summed E-state index contributed by atoms with van der Waals surface area (Å²) in [5, 5.41) is 3.09. The number of benzene rings is 1. The first-order valence-electron chi connectivity index (χ1n) is 7.64. The maximum absolute atomic E-state index is 5.81. The van der Waals surface area contributed by atoms with E-state index in [2.05, 4.69) is 41.1 Å². The predicted molar refractivity (Wildman–Crippen MR) is 90.8 cm³/mol. The van der Waals surface area contributed by atoms with Crippen molar-refractivity contribution in [1.82, 2.24) is 9.88 Å². The van der Waals surface area contributed by atoms with E-state index >= 15 is 0 Å². The van der Waals surface area contributed by atoms with Crippen molar-refractivity contribution >= 4 is 22.9 Å². The molecule has 4 heteroatoms. The molecule has 21 heavy (non-hydrogen) atoms. The summed E-state index contributed by atoms with van der Waals surface area (Å²) in [6.45, 7) is 4.61. The number of rotatable bonds is 5. The van der Waals surface area contributed by atoms with Crippen molar-refractivity contribution in [3.63, 3.8) is 0 Å². The Kier molecular flexibility index (Phi) is 4.94. The number of alkyl halides is 1. The lowest BCUT2D eigenvalue weighted by atomic mass is 10.1. The summed E-state index contributed by atoms with van der Waals surface area (Å²) in [6.07, 6.45) is 3.96. The molecule has 0 N–H and O–H groups in total. The molecule has 2 nitrogen and oxygen atoms in total. The summed E-state index contributed by atoms with van der Waals surface area (Å²) < 4.78 is 0. The van der Waals surface area contributed by atoms with E-state index in [0.717, 1.165) is 23.3 Å². The molecule has 2 aromatic rings. The molecule has 1 aromatic heterocycles. The minimum atomic E-state index is 0.488. The molecule has 1 fully saturated rings. The van der Waals surface area contributed by atoms with Gasteiger partial charge in [0.1, 0.15) is 5.01 Å². The summed E-state index contributed by atoms with van der Waals surface area (Å²) in [4.78, 5) is 7.15. The second kappa shape index (κ2) is 6.91. The monoisotopic (exact) mass is 320 g/mol. The molecule has 0 amide bonds. The molecule has 0 saturated carbocycles. The molecule has 1 aliphatic rings. The van der Waals surface area contributed by atoms with E-state index in [0.29, 0.717) is 5.88 Å². The molecule has 1 aliphatic heterocycles. The highest BCUT2D eigenvalue weighted by molar-refractivity contribution is 7.13. The average molecular weight is 321 g/mol. The van der Waals surface area contributed by atoms with E-state index < -0.39 is 0 Å². The largest absolute Gasteiger partial charge is 0.296 e. The van der Waals surface area contributed by atoms with Crippen LogP contribution in [-0.2, 0) is 12.4 Å². The molecule has 3 rings (SSSR count). The van der Waals surface area contributed by atoms with Crippen LogP contribution in [0.1, 0.15) is 37.4 Å². The van der Waals surface area contributed by atoms with Gasteiger partial charge in [-0.05, 0) is 31.4 Å². The summed E-state index contributed by atoms with van der Waals surface area (Å²) in [5.41, 5.74) is 3.55. The Morgan fingerprint density at radius 2 is 2.14 bits per heavy atom. The van der Waals surface area contributed by atoms with Gasteiger partial charge >= 0.3 is 0 Å². The zero-order valence-electron chi connectivity index (χ0n) is 12.4. The van der Waals surface area contributed by atoms with Gasteiger partial charge in [0, 0.05) is 23.5 Å². The van der Waals surface area contributed by atoms with Gasteiger partial charge in [0.2, 0.25) is 0 Å². The Balaban J connectivity index is 1.69. The van der Waals surface area contributed by atoms with Crippen LogP contribution in [0.15, 0.2) is 29.6 Å². The van der Waals surface area contributed by atoms with Crippen LogP contribution in [0.5, 0.6) is 0 Å². The highest BCUT2D eigenvalue weighted by atomic mass is 35.5. The third-order valence-electron chi connectivity index (χ3n) is 4.25. The molecule has 112 valence electrons. The lowest BCUT2D eigenvalue weighted by Crippen LogP contribution is -2.28. The fraction of sp³-hybridized carbons (Fsp3) is 0.471. The van der Waals surface area contributed by atoms with E-state index in [-0.39, 0.29) is 0 Å². The van der Waals surface area contributed by atoms with Gasteiger partial charge in [-0.3, -0.25) is 4.90 Å². The molecular formula is C17H21ClN2S. The topological polar surface area (TPSA) is 16.1 Å². The maximum atomic E-state index is 5.81. The van der Waals surface area contributed by atoms with Gasteiger partial charge in [-0.15, -0.1) is 22.9 Å². The van der Waals surface area contributed by atoms with Gasteiger partial charge in [0.15, 0.2) is 0 Å². The first kappa shape index (κ1) is 15.0. The quantitative estimate of drug-likeness (QED) is 0.727. The Hall–Kier alpha value is -0.900. The van der Waals surface area contributed by atoms with Crippen molar-refractivity contribution in [2.24, 2.45) is 0 Å². The van der Waals surface area contributed by atoms with Crippen LogP contribution in [0.25, 0.3) is 10.6 Å². The SMILES string of the molecule is CCC1CCCN1Cc1ccc(-c2nc(CCl)cs2)cc1. The van der Waals surface area contributed by atoms with Crippen LogP contribution < -0.4 is 0 Å². The molecule has 1 saturated heterocycles. The first-order valence-corrected chi connectivity index (χ1v) is 9.05. The molecule has 1 unspecified atom stereocenters. The molecule has 0 aliphatic carbocycles. The van der Waals surface area contributed by atoms with E-state index in [1.165, 1.54) is 36.9 Å². The predicted octanol–water partition coefficient (Wildman–Crippen LogP) is 4.92. The molecule has 1 aromatic carbocycles. The highest BCUT2D eigenvalue weighted by Crippen LogP contribution is 2.26. The first-order chi connectivity index (χ1) is 10.3. The number of halogens is 1. The Labute approximate surface area is 135 Å². The molecule has 1 atom stereocenters. The minimum Gasteiger partial charge on any atom is -0.296 e. The van der Waals surface area contributed by atoms with Gasteiger partial charge in [-0.2, -0.15) is 0 Å². The van der Waals surface area contributed by atoms with Gasteiger partial charge in [0.25, 0.3) is 0 Å². The number of thiazole rings is 1. The van der Waals surface area contributed by atoms with Crippen LogP contribution in [0.3, 0.4) is 0 Å². The standard InChI is InChI=1S/C17H21ClN2S/c1-2-16-4-3-9-20(16)11-13-5-7-14(8-6-13)17-19-15(10-18)12-21-17/h5-8,12,16H,2-4,9-11H2,1H3. The lowest BCUT2D eigenvalue weighted by molar-refractivity contribution is 0.240. The third-order valence-corrected chi connectivity index (χ3v) is 5.46. The van der Waals surface area contributed by atoms with Crippen LogP contribution in [0, 0.1) is 0 Å². The van der Waals surface area contributed by atoms with Crippen molar-refractivity contribution < 1.29 is 0 Å². The molecular weight excluding hydrogens is 300 g/mol. The summed E-state index contributed by atoms with van der Waals surface area (Å²) >= 11 is 7.48. The molecule has 0 radical (unpaired) electrons. The van der Waals surface area contributed by atoms with Crippen molar-refractivity contribution in [2.45, 2.75) is 44.7 Å². The molecule has 0 bridgehead atoms. The number of hydrogen-bond acceptors (Lipinski definition) is 3. The van der Waals surface area contributed by atoms with Gasteiger partial charge < -0.3 is 0 Å². The van der Waals surface area contributed by atoms with Crippen molar-refractivity contribution in [3.8, 4) is 10.6 Å². The van der Waals surface area contributed by atoms with Crippen LogP contribution in [0.2, 0.25) is 0 Å². The van der Waals surface area contributed by atoms with Crippen LogP contribution in [0.4, 0.5) is 0 Å². The Morgan fingerprint density at radius 1 is 1.33 bits per heavy atom. The number of aromatic nitrogens is 1. The van der Waals surface area contributed by atoms with Gasteiger partial charge in [0.05, 0.1) is 11.6 Å². The minimum absolute atomic E-state index is 0.488. The third kappa shape index (κ3) is 3.47. The Bertz CT molecular complexity index is 579. The molecule has 0 spiro atoms. The summed E-state index contributed by atoms with van der Waals surface area (Å²) in [6, 6.07) is 9.62. The second-order valence-corrected chi connectivity index (χ2v) is 6.77. The number of likely N-dealkylation sites (tertiary alicyclic amines) is 1. The zero-order valence-corrected chi connectivity index (χ0v) is 14.0. The maximum Gasteiger partial charge on any atom is 0.123 e. The summed E-state index contributed by atoms with van der Waals surface area (Å²) in [5.74, 6) is 0.488. The van der Waals surface area contributed by atoms with E-state index in [1.54, 1.807) is 11.3 Å². The van der Waals surface area contributed by atoms with Gasteiger partial charge in [-0.1, -0.05) is 31.2 Å². The average Bonchev–Trinajstić information content (AvgIpc) is 3.16. The summed E-state index contributed by atoms with van der Waals surface area (Å²) in [7, 11) is 0. The Morgan fingerprint density at radius 3 is 2.81 bits per heavy atom. The fourth-order valence-electron chi connectivity index (χ4n) is 3.05. The van der Waals surface area contributed by atoms with Crippen molar-refractivity contribution in [3.05, 3.63) is 40.9 Å². The van der Waals surface area contributed by atoms with Crippen LogP contribution >= 0.6 is 22.9 Å².